The molecular weight excluding hydrogens is 753 g/mol. The highest BCUT2D eigenvalue weighted by atomic mass is 31.2. The third-order valence-corrected chi connectivity index (χ3v) is 8.91. The Labute approximate surface area is 350 Å². The number of hydrogen-bond donors (Lipinski definition) is 3. The van der Waals surface area contributed by atoms with E-state index in [4.69, 9.17) is 24.3 Å². The second kappa shape index (κ2) is 41.5. The van der Waals surface area contributed by atoms with Crippen LogP contribution >= 0.6 is 7.82 Å². The Morgan fingerprint density at radius 3 is 1.78 bits per heavy atom. The minimum atomic E-state index is -4.43. The Hall–Kier alpha value is -3.63. The Kier molecular flexibility index (Phi) is 38.9. The summed E-state index contributed by atoms with van der Waals surface area (Å²) in [5.74, 6) is -1.05. The third-order valence-electron chi connectivity index (χ3n) is 7.93. The maximum absolute atomic E-state index is 12.6. The van der Waals surface area contributed by atoms with Gasteiger partial charge in [-0.2, -0.15) is 0 Å². The molecule has 0 aromatic carbocycles. The normalized spacial score (nSPS) is 15.1. The van der Waals surface area contributed by atoms with Crippen molar-refractivity contribution in [3.63, 3.8) is 0 Å². The van der Waals surface area contributed by atoms with Gasteiger partial charge in [-0.3, -0.25) is 18.6 Å². The van der Waals surface area contributed by atoms with E-state index in [0.29, 0.717) is 32.1 Å². The van der Waals surface area contributed by atoms with Crippen LogP contribution in [-0.2, 0) is 32.7 Å². The van der Waals surface area contributed by atoms with Crippen molar-refractivity contribution in [1.82, 2.24) is 0 Å². The van der Waals surface area contributed by atoms with Crippen LogP contribution in [0.2, 0.25) is 0 Å². The van der Waals surface area contributed by atoms with E-state index in [1.54, 1.807) is 6.08 Å². The molecule has 0 spiro atoms. The first-order valence-electron chi connectivity index (χ1n) is 21.1. The second-order valence-electron chi connectivity index (χ2n) is 13.3. The fourth-order valence-electron chi connectivity index (χ4n) is 4.79. The highest BCUT2D eigenvalue weighted by molar-refractivity contribution is 7.47. The molecule has 0 radical (unpaired) electrons. The van der Waals surface area contributed by atoms with Crippen LogP contribution in [0.25, 0.3) is 0 Å². The van der Waals surface area contributed by atoms with E-state index in [1.165, 1.54) is 25.7 Å². The molecule has 4 N–H and O–H groups in total. The van der Waals surface area contributed by atoms with E-state index in [-0.39, 0.29) is 32.6 Å². The summed E-state index contributed by atoms with van der Waals surface area (Å²) in [5, 5.41) is 10.0. The Morgan fingerprint density at radius 1 is 0.621 bits per heavy atom. The van der Waals surface area contributed by atoms with Crippen LogP contribution in [0, 0.1) is 0 Å². The van der Waals surface area contributed by atoms with E-state index < -0.39 is 38.6 Å². The molecule has 0 amide bonds. The fraction of sp³-hybridized carbons (Fsp3) is 0.532. The first-order chi connectivity index (χ1) is 28.2. The van der Waals surface area contributed by atoms with Crippen LogP contribution in [0.5, 0.6) is 0 Å². The van der Waals surface area contributed by atoms with Crippen molar-refractivity contribution in [2.24, 2.45) is 5.73 Å². The summed E-state index contributed by atoms with van der Waals surface area (Å²) in [6.07, 6.45) is 52.8. The lowest BCUT2D eigenvalue weighted by Gasteiger charge is -2.19. The van der Waals surface area contributed by atoms with Crippen molar-refractivity contribution < 1.29 is 42.7 Å². The van der Waals surface area contributed by atoms with Gasteiger partial charge in [0.05, 0.1) is 19.3 Å². The number of nitrogens with two attached hydrogens (primary N) is 1. The minimum Gasteiger partial charge on any atom is -0.462 e. The lowest BCUT2D eigenvalue weighted by Crippen LogP contribution is -2.29. The number of unbranched alkanes of at least 4 members (excludes halogenated alkanes) is 4. The first kappa shape index (κ1) is 54.4. The number of allylic oxidation sites excluding steroid dienone is 18. The zero-order valence-corrected chi connectivity index (χ0v) is 36.2. The Balaban J connectivity index is 4.48. The fourth-order valence-corrected chi connectivity index (χ4v) is 5.56. The highest BCUT2D eigenvalue weighted by Crippen LogP contribution is 2.43. The van der Waals surface area contributed by atoms with Crippen molar-refractivity contribution in [2.75, 3.05) is 26.4 Å². The minimum absolute atomic E-state index is 0.0175. The molecule has 0 saturated heterocycles. The average Bonchev–Trinajstić information content (AvgIpc) is 3.21. The van der Waals surface area contributed by atoms with Crippen molar-refractivity contribution in [3.05, 3.63) is 122 Å². The molecule has 3 atom stereocenters. The largest absolute Gasteiger partial charge is 0.472 e. The maximum Gasteiger partial charge on any atom is 0.472 e. The van der Waals surface area contributed by atoms with Gasteiger partial charge in [-0.05, 0) is 83.5 Å². The molecule has 0 saturated carbocycles. The van der Waals surface area contributed by atoms with Gasteiger partial charge >= 0.3 is 19.8 Å². The van der Waals surface area contributed by atoms with Crippen LogP contribution in [0.4, 0.5) is 0 Å². The topological polar surface area (TPSA) is 155 Å². The number of phosphoric acid groups is 1. The highest BCUT2D eigenvalue weighted by Gasteiger charge is 2.25. The number of aliphatic hydroxyl groups is 1. The zero-order chi connectivity index (χ0) is 42.6. The number of ether oxygens (including phenoxy) is 2. The molecular formula is C47H74NO9P. The van der Waals surface area contributed by atoms with Gasteiger partial charge < -0.3 is 25.2 Å². The molecule has 0 aliphatic carbocycles. The average molecular weight is 828 g/mol. The lowest BCUT2D eigenvalue weighted by molar-refractivity contribution is -0.161. The van der Waals surface area contributed by atoms with Gasteiger partial charge in [0, 0.05) is 19.4 Å². The molecule has 0 rings (SSSR count). The van der Waals surface area contributed by atoms with Gasteiger partial charge in [0.25, 0.3) is 0 Å². The van der Waals surface area contributed by atoms with E-state index in [0.717, 1.165) is 38.5 Å². The summed E-state index contributed by atoms with van der Waals surface area (Å²) in [4.78, 5) is 34.8. The van der Waals surface area contributed by atoms with E-state index in [9.17, 15) is 24.2 Å². The van der Waals surface area contributed by atoms with Crippen molar-refractivity contribution in [1.29, 1.82) is 0 Å². The lowest BCUT2D eigenvalue weighted by atomic mass is 10.2. The van der Waals surface area contributed by atoms with E-state index in [1.807, 2.05) is 54.7 Å². The SMILES string of the molecule is CC/C=C\C/C=C\CC(O)/C=C/C=C\C/C=C\CCCC(=O)O[C@H](COC(=O)CC/C=C\C/C=C\C/C=C\C/C=C\C/C=C\CCCCC)COP(=O)(O)OCCN. The molecule has 10 nitrogen and oxygen atoms in total. The summed E-state index contributed by atoms with van der Waals surface area (Å²) in [7, 11) is -4.43. The van der Waals surface area contributed by atoms with Gasteiger partial charge in [-0.1, -0.05) is 148 Å². The molecule has 58 heavy (non-hydrogen) atoms. The van der Waals surface area contributed by atoms with Crippen LogP contribution in [0.15, 0.2) is 122 Å². The van der Waals surface area contributed by atoms with Crippen LogP contribution in [-0.4, -0.2) is 60.5 Å². The Bertz CT molecular complexity index is 1370. The molecule has 0 aromatic heterocycles. The number of hydrogen-bond acceptors (Lipinski definition) is 9. The molecule has 0 aliphatic rings. The second-order valence-corrected chi connectivity index (χ2v) is 14.8. The van der Waals surface area contributed by atoms with Gasteiger partial charge in [0.15, 0.2) is 6.10 Å². The molecule has 0 fully saturated rings. The third kappa shape index (κ3) is 40.6. The molecule has 0 aliphatic heterocycles. The summed E-state index contributed by atoms with van der Waals surface area (Å²) in [6, 6.07) is 0. The van der Waals surface area contributed by atoms with Crippen LogP contribution < -0.4 is 5.73 Å². The van der Waals surface area contributed by atoms with Crippen molar-refractivity contribution >= 4 is 19.8 Å². The number of carbonyl (C=O) groups is 2. The zero-order valence-electron chi connectivity index (χ0n) is 35.3. The number of aliphatic hydroxyl groups excluding tert-OH is 1. The smallest absolute Gasteiger partial charge is 0.462 e. The molecule has 2 unspecified atom stereocenters. The molecule has 0 bridgehead atoms. The van der Waals surface area contributed by atoms with Crippen molar-refractivity contribution in [2.45, 2.75) is 135 Å². The number of rotatable bonds is 37. The van der Waals surface area contributed by atoms with E-state index >= 15 is 0 Å². The quantitative estimate of drug-likeness (QED) is 0.0181. The molecule has 11 heteroatoms. The number of carbonyl (C=O) groups excluding carboxylic acids is 2. The monoisotopic (exact) mass is 828 g/mol. The first-order valence-corrected chi connectivity index (χ1v) is 22.6. The van der Waals surface area contributed by atoms with Gasteiger partial charge in [0.1, 0.15) is 6.61 Å². The van der Waals surface area contributed by atoms with Crippen LogP contribution in [0.3, 0.4) is 0 Å². The van der Waals surface area contributed by atoms with Crippen LogP contribution in [0.1, 0.15) is 123 Å². The van der Waals surface area contributed by atoms with E-state index in [2.05, 4.69) is 74.6 Å². The molecule has 0 heterocycles. The summed E-state index contributed by atoms with van der Waals surface area (Å²) in [5.41, 5.74) is 5.33. The Morgan fingerprint density at radius 2 is 1.17 bits per heavy atom. The molecule has 0 aromatic rings. The maximum atomic E-state index is 12.6. The van der Waals surface area contributed by atoms with Gasteiger partial charge in [0.2, 0.25) is 0 Å². The predicted molar refractivity (Wildman–Crippen MR) is 239 cm³/mol. The van der Waals surface area contributed by atoms with Gasteiger partial charge in [-0.25, -0.2) is 4.57 Å². The summed E-state index contributed by atoms with van der Waals surface area (Å²) < 4.78 is 32.6. The molecule has 326 valence electrons. The summed E-state index contributed by atoms with van der Waals surface area (Å²) >= 11 is 0. The summed E-state index contributed by atoms with van der Waals surface area (Å²) in [6.45, 7) is 3.30. The number of phosphoric ester groups is 1. The van der Waals surface area contributed by atoms with Gasteiger partial charge in [-0.15, -0.1) is 0 Å². The van der Waals surface area contributed by atoms with Crippen molar-refractivity contribution in [3.8, 4) is 0 Å². The predicted octanol–water partition coefficient (Wildman–Crippen LogP) is 11.1. The standard InChI is InChI=1S/C47H74NO9P/c1-3-5-7-9-11-12-13-14-15-16-17-18-19-20-21-22-26-30-34-38-46(50)54-42-45(43-56-58(52,53)55-41-40-48)57-47(51)39-35-31-27-24-23-25-29-33-37-44(49)36-32-28-10-8-6-4-2/h6,8,11-12,14-15,17-18,20-21,24-30,32-33,37,44-45,49H,3-5,7,9-10,13,16,19,22-23,31,34-36,38-43,48H2,1-2H3,(H,52,53)/b8-6-,12-11-,15-14-,18-17-,21-20-,27-24-,29-25-,30-26-,32-28-,37-33+/t44?,45-/m1/s1. The number of esters is 2.